The Morgan fingerprint density at radius 2 is 2.19 bits per heavy atom. The summed E-state index contributed by atoms with van der Waals surface area (Å²) in [5.74, 6) is 0.291. The number of hydrogen-bond donors (Lipinski definition) is 0. The first-order valence-electron chi connectivity index (χ1n) is 5.45. The second-order valence-corrected chi connectivity index (χ2v) is 5.34. The maximum absolute atomic E-state index is 13.0. The van der Waals surface area contributed by atoms with Crippen LogP contribution in [0.5, 0.6) is 0 Å². The van der Waals surface area contributed by atoms with Crippen LogP contribution in [0.1, 0.15) is 36.2 Å². The number of aryl methyl sites for hydroxylation is 1. The number of halogens is 1. The van der Waals surface area contributed by atoms with Crippen LogP contribution in [0.15, 0.2) is 18.2 Å². The third kappa shape index (κ3) is 3.63. The predicted octanol–water partition coefficient (Wildman–Crippen LogP) is 3.85. The number of hydrogen-bond acceptors (Lipinski definition) is 2. The van der Waals surface area contributed by atoms with Crippen LogP contribution >= 0.6 is 11.8 Å². The second kappa shape index (κ2) is 6.04. The molecule has 16 heavy (non-hydrogen) atoms. The smallest absolute Gasteiger partial charge is 0.172 e. The van der Waals surface area contributed by atoms with Crippen molar-refractivity contribution in [2.24, 2.45) is 0 Å². The van der Waals surface area contributed by atoms with Gasteiger partial charge in [-0.2, -0.15) is 11.8 Å². The quantitative estimate of drug-likeness (QED) is 0.727. The molecule has 88 valence electrons. The van der Waals surface area contributed by atoms with Crippen LogP contribution in [0.3, 0.4) is 0 Å². The highest BCUT2D eigenvalue weighted by Gasteiger charge is 2.09. The topological polar surface area (TPSA) is 17.1 Å². The van der Waals surface area contributed by atoms with Gasteiger partial charge in [0.1, 0.15) is 5.82 Å². The van der Waals surface area contributed by atoms with Crippen LogP contribution < -0.4 is 0 Å². The lowest BCUT2D eigenvalue weighted by atomic mass is 10.1. The molecule has 0 spiro atoms. The number of thioether (sulfide) groups is 1. The minimum Gasteiger partial charge on any atom is -0.293 e. The summed E-state index contributed by atoms with van der Waals surface area (Å²) in [5.41, 5.74) is 1.13. The third-order valence-electron chi connectivity index (χ3n) is 2.55. The Morgan fingerprint density at radius 3 is 2.75 bits per heavy atom. The molecule has 1 aromatic rings. The highest BCUT2D eigenvalue weighted by molar-refractivity contribution is 8.00. The van der Waals surface area contributed by atoms with E-state index in [9.17, 15) is 9.18 Å². The standard InChI is InChI=1S/C13H17FOS/c1-4-10(3)16-8-13(15)11-5-6-12(14)9(2)7-11/h5-7,10H,4,8H2,1-3H3. The molecule has 0 aromatic heterocycles. The first-order chi connectivity index (χ1) is 7.54. The molecule has 0 N–H and O–H groups in total. The van der Waals surface area contributed by atoms with Gasteiger partial charge in [0.15, 0.2) is 5.78 Å². The molecule has 1 aromatic carbocycles. The van der Waals surface area contributed by atoms with Gasteiger partial charge in [0.2, 0.25) is 0 Å². The number of ketones is 1. The number of Topliss-reactive ketones (excluding diaryl/α,β-unsaturated/α-hetero) is 1. The summed E-state index contributed by atoms with van der Waals surface area (Å²) in [6, 6.07) is 4.53. The molecular weight excluding hydrogens is 223 g/mol. The third-order valence-corrected chi connectivity index (χ3v) is 3.89. The normalized spacial score (nSPS) is 12.5. The lowest BCUT2D eigenvalue weighted by Gasteiger charge is -2.07. The van der Waals surface area contributed by atoms with Gasteiger partial charge in [0.05, 0.1) is 5.75 Å². The molecule has 0 aliphatic heterocycles. The van der Waals surface area contributed by atoms with Gasteiger partial charge in [0, 0.05) is 10.8 Å². The van der Waals surface area contributed by atoms with Crippen molar-refractivity contribution in [3.63, 3.8) is 0 Å². The van der Waals surface area contributed by atoms with E-state index in [4.69, 9.17) is 0 Å². The number of carbonyl (C=O) groups excluding carboxylic acids is 1. The number of rotatable bonds is 5. The van der Waals surface area contributed by atoms with Crippen LogP contribution in [0.25, 0.3) is 0 Å². The fraction of sp³-hybridized carbons (Fsp3) is 0.462. The maximum Gasteiger partial charge on any atom is 0.172 e. The molecular formula is C13H17FOS. The van der Waals surface area contributed by atoms with Crippen LogP contribution in [-0.4, -0.2) is 16.8 Å². The minimum atomic E-state index is -0.258. The second-order valence-electron chi connectivity index (χ2n) is 3.92. The van der Waals surface area contributed by atoms with Gasteiger partial charge in [-0.05, 0) is 37.1 Å². The fourth-order valence-electron chi connectivity index (χ4n) is 1.24. The van der Waals surface area contributed by atoms with Gasteiger partial charge in [-0.15, -0.1) is 0 Å². The van der Waals surface area contributed by atoms with Crippen molar-refractivity contribution in [3.8, 4) is 0 Å². The molecule has 0 radical (unpaired) electrons. The van der Waals surface area contributed by atoms with Crippen LogP contribution in [0, 0.1) is 12.7 Å². The van der Waals surface area contributed by atoms with E-state index in [1.54, 1.807) is 30.8 Å². The van der Waals surface area contributed by atoms with Gasteiger partial charge in [-0.1, -0.05) is 13.8 Å². The molecule has 0 fully saturated rings. The van der Waals surface area contributed by atoms with Gasteiger partial charge < -0.3 is 0 Å². The van der Waals surface area contributed by atoms with E-state index < -0.39 is 0 Å². The lowest BCUT2D eigenvalue weighted by molar-refractivity contribution is 0.102. The van der Waals surface area contributed by atoms with E-state index in [1.165, 1.54) is 6.07 Å². The molecule has 0 amide bonds. The SMILES string of the molecule is CCC(C)SCC(=O)c1ccc(F)c(C)c1. The first kappa shape index (κ1) is 13.2. The molecule has 1 atom stereocenters. The van der Waals surface area contributed by atoms with Crippen LogP contribution in [0.4, 0.5) is 4.39 Å². The van der Waals surface area contributed by atoms with Gasteiger partial charge in [0.25, 0.3) is 0 Å². The molecule has 0 saturated heterocycles. The summed E-state index contributed by atoms with van der Waals surface area (Å²) in [7, 11) is 0. The summed E-state index contributed by atoms with van der Waals surface area (Å²) >= 11 is 1.65. The zero-order chi connectivity index (χ0) is 12.1. The van der Waals surface area contributed by atoms with E-state index in [0.717, 1.165) is 6.42 Å². The minimum absolute atomic E-state index is 0.0772. The van der Waals surface area contributed by atoms with Crippen LogP contribution in [0.2, 0.25) is 0 Å². The molecule has 0 heterocycles. The molecule has 1 nitrogen and oxygen atoms in total. The fourth-order valence-corrected chi connectivity index (χ4v) is 2.08. The summed E-state index contributed by atoms with van der Waals surface area (Å²) in [6.07, 6.45) is 1.06. The van der Waals surface area contributed by atoms with E-state index in [1.807, 2.05) is 0 Å². The van der Waals surface area contributed by atoms with E-state index in [2.05, 4.69) is 13.8 Å². The molecule has 0 aliphatic rings. The number of carbonyl (C=O) groups is 1. The van der Waals surface area contributed by atoms with Crippen molar-refractivity contribution >= 4 is 17.5 Å². The Balaban J connectivity index is 2.63. The van der Waals surface area contributed by atoms with Gasteiger partial charge in [-0.25, -0.2) is 4.39 Å². The molecule has 0 saturated carbocycles. The highest BCUT2D eigenvalue weighted by atomic mass is 32.2. The number of benzene rings is 1. The largest absolute Gasteiger partial charge is 0.293 e. The summed E-state index contributed by atoms with van der Waals surface area (Å²) in [6.45, 7) is 5.88. The van der Waals surface area contributed by atoms with Crippen molar-refractivity contribution in [1.29, 1.82) is 0 Å². The zero-order valence-corrected chi connectivity index (χ0v) is 10.7. The first-order valence-corrected chi connectivity index (χ1v) is 6.50. The van der Waals surface area contributed by atoms with Crippen molar-refractivity contribution in [1.82, 2.24) is 0 Å². The predicted molar refractivity (Wildman–Crippen MR) is 67.7 cm³/mol. The van der Waals surface area contributed by atoms with Gasteiger partial charge >= 0.3 is 0 Å². The summed E-state index contributed by atoms with van der Waals surface area (Å²) < 4.78 is 13.0. The van der Waals surface area contributed by atoms with E-state index in [0.29, 0.717) is 22.1 Å². The van der Waals surface area contributed by atoms with E-state index in [-0.39, 0.29) is 11.6 Å². The van der Waals surface area contributed by atoms with Crippen LogP contribution in [-0.2, 0) is 0 Å². The Hall–Kier alpha value is -0.830. The van der Waals surface area contributed by atoms with Gasteiger partial charge in [-0.3, -0.25) is 4.79 Å². The molecule has 0 bridgehead atoms. The van der Waals surface area contributed by atoms with E-state index >= 15 is 0 Å². The Labute approximate surface area is 100 Å². The maximum atomic E-state index is 13.0. The lowest BCUT2D eigenvalue weighted by Crippen LogP contribution is -2.06. The molecule has 1 unspecified atom stereocenters. The summed E-state index contributed by atoms with van der Waals surface area (Å²) in [5, 5.41) is 0.491. The average molecular weight is 240 g/mol. The van der Waals surface area contributed by atoms with Crippen molar-refractivity contribution in [3.05, 3.63) is 35.1 Å². The van der Waals surface area contributed by atoms with Crippen molar-refractivity contribution in [2.75, 3.05) is 5.75 Å². The Bertz CT molecular complexity index is 376. The highest BCUT2D eigenvalue weighted by Crippen LogP contribution is 2.17. The van der Waals surface area contributed by atoms with Crippen molar-refractivity contribution in [2.45, 2.75) is 32.4 Å². The molecule has 1 rings (SSSR count). The Kier molecular flexibility index (Phi) is 5.00. The zero-order valence-electron chi connectivity index (χ0n) is 9.92. The summed E-state index contributed by atoms with van der Waals surface area (Å²) in [4.78, 5) is 11.8. The monoisotopic (exact) mass is 240 g/mol. The Morgan fingerprint density at radius 1 is 1.50 bits per heavy atom. The van der Waals surface area contributed by atoms with Crippen molar-refractivity contribution < 1.29 is 9.18 Å². The average Bonchev–Trinajstić information content (AvgIpc) is 2.29. The molecule has 3 heteroatoms. The molecule has 0 aliphatic carbocycles.